The van der Waals surface area contributed by atoms with E-state index in [4.69, 9.17) is 4.74 Å². The fourth-order valence-corrected chi connectivity index (χ4v) is 1.46. The van der Waals surface area contributed by atoms with Crippen LogP contribution in [-0.2, 0) is 9.53 Å². The fourth-order valence-electron chi connectivity index (χ4n) is 1.46. The second kappa shape index (κ2) is 6.05. The average Bonchev–Trinajstić information content (AvgIpc) is 2.90. The van der Waals surface area contributed by atoms with Crippen LogP contribution in [0.2, 0.25) is 0 Å². The van der Waals surface area contributed by atoms with Crippen LogP contribution in [0.3, 0.4) is 0 Å². The van der Waals surface area contributed by atoms with Gasteiger partial charge in [-0.1, -0.05) is 12.1 Å². The Hall–Kier alpha value is -2.28. The second-order valence-corrected chi connectivity index (χ2v) is 4.22. The van der Waals surface area contributed by atoms with E-state index in [1.807, 2.05) is 26.0 Å². The molecule has 0 saturated carbocycles. The summed E-state index contributed by atoms with van der Waals surface area (Å²) < 4.78 is 5.23. The van der Waals surface area contributed by atoms with Crippen LogP contribution in [0.1, 0.15) is 13.8 Å². The van der Waals surface area contributed by atoms with Crippen LogP contribution in [0.5, 0.6) is 0 Å². The van der Waals surface area contributed by atoms with Crippen LogP contribution in [0.25, 0.3) is 11.4 Å². The normalized spacial score (nSPS) is 10.7. The van der Waals surface area contributed by atoms with Gasteiger partial charge in [0.2, 0.25) is 11.7 Å². The van der Waals surface area contributed by atoms with E-state index in [0.717, 1.165) is 5.56 Å². The van der Waals surface area contributed by atoms with Crippen molar-refractivity contribution in [3.63, 3.8) is 0 Å². The fraction of sp³-hybridized carbons (Fsp3) is 0.333. The van der Waals surface area contributed by atoms with Gasteiger partial charge in [0.15, 0.2) is 0 Å². The molecule has 1 amide bonds. The van der Waals surface area contributed by atoms with Gasteiger partial charge in [-0.25, -0.2) is 0 Å². The summed E-state index contributed by atoms with van der Waals surface area (Å²) in [6.07, 6.45) is 0.0245. The van der Waals surface area contributed by atoms with Crippen LogP contribution >= 0.6 is 0 Å². The van der Waals surface area contributed by atoms with E-state index in [0.29, 0.717) is 11.5 Å². The molecule has 0 bridgehead atoms. The quantitative estimate of drug-likeness (QED) is 0.844. The average molecular weight is 261 g/mol. The molecule has 2 aromatic rings. The molecule has 100 valence electrons. The van der Waals surface area contributed by atoms with E-state index >= 15 is 0 Å². The number of nitrogens with one attached hydrogen (secondary N) is 2. The van der Waals surface area contributed by atoms with Crippen molar-refractivity contribution >= 4 is 11.6 Å². The van der Waals surface area contributed by atoms with Crippen molar-refractivity contribution in [1.29, 1.82) is 0 Å². The number of aromatic nitrogens is 4. The number of aromatic amines is 1. The van der Waals surface area contributed by atoms with Crippen LogP contribution in [0.4, 0.5) is 5.69 Å². The molecule has 1 aromatic carbocycles. The van der Waals surface area contributed by atoms with E-state index < -0.39 is 0 Å². The Labute approximate surface area is 110 Å². The molecule has 0 saturated heterocycles. The number of anilines is 1. The Morgan fingerprint density at radius 2 is 2.32 bits per heavy atom. The molecule has 0 aliphatic carbocycles. The number of amides is 1. The molecule has 0 radical (unpaired) electrons. The maximum absolute atomic E-state index is 11.6. The smallest absolute Gasteiger partial charge is 0.250 e. The number of nitrogens with zero attached hydrogens (tertiary/aromatic N) is 3. The Morgan fingerprint density at radius 3 is 3.00 bits per heavy atom. The maximum Gasteiger partial charge on any atom is 0.250 e. The van der Waals surface area contributed by atoms with Gasteiger partial charge in [-0.05, 0) is 31.2 Å². The molecule has 0 aliphatic rings. The third-order valence-electron chi connectivity index (χ3n) is 2.30. The van der Waals surface area contributed by atoms with Crippen LogP contribution in [0, 0.1) is 0 Å². The molecule has 1 heterocycles. The lowest BCUT2D eigenvalue weighted by molar-refractivity contribution is -0.121. The minimum Gasteiger partial charge on any atom is -0.369 e. The van der Waals surface area contributed by atoms with Gasteiger partial charge in [0, 0.05) is 11.3 Å². The Kier molecular flexibility index (Phi) is 4.19. The predicted molar refractivity (Wildman–Crippen MR) is 69.3 cm³/mol. The number of rotatable bonds is 5. The zero-order valence-electron chi connectivity index (χ0n) is 10.8. The summed E-state index contributed by atoms with van der Waals surface area (Å²) in [7, 11) is 0. The van der Waals surface area contributed by atoms with Gasteiger partial charge in [0.05, 0.1) is 6.10 Å². The first-order valence-electron chi connectivity index (χ1n) is 5.90. The largest absolute Gasteiger partial charge is 0.369 e. The number of carbonyl (C=O) groups is 1. The summed E-state index contributed by atoms with van der Waals surface area (Å²) >= 11 is 0. The monoisotopic (exact) mass is 261 g/mol. The van der Waals surface area contributed by atoms with Gasteiger partial charge in [-0.15, -0.1) is 10.2 Å². The van der Waals surface area contributed by atoms with Gasteiger partial charge in [-0.2, -0.15) is 5.21 Å². The summed E-state index contributed by atoms with van der Waals surface area (Å²) in [5.74, 6) is 0.286. The number of carbonyl (C=O) groups excluding carboxylic acids is 1. The first-order chi connectivity index (χ1) is 9.15. The summed E-state index contributed by atoms with van der Waals surface area (Å²) in [6.45, 7) is 3.79. The first-order valence-corrected chi connectivity index (χ1v) is 5.90. The minimum atomic E-state index is -0.195. The highest BCUT2D eigenvalue weighted by Crippen LogP contribution is 2.18. The molecule has 0 fully saturated rings. The van der Waals surface area contributed by atoms with Crippen molar-refractivity contribution in [2.45, 2.75) is 20.0 Å². The lowest BCUT2D eigenvalue weighted by atomic mass is 10.2. The molecule has 2 N–H and O–H groups in total. The van der Waals surface area contributed by atoms with Gasteiger partial charge in [0.1, 0.15) is 6.61 Å². The van der Waals surface area contributed by atoms with E-state index in [-0.39, 0.29) is 18.6 Å². The number of ether oxygens (including phenoxy) is 1. The van der Waals surface area contributed by atoms with Gasteiger partial charge in [0.25, 0.3) is 0 Å². The summed E-state index contributed by atoms with van der Waals surface area (Å²) in [5, 5.41) is 16.4. The number of hydrogen-bond donors (Lipinski definition) is 2. The van der Waals surface area contributed by atoms with Crippen molar-refractivity contribution in [2.75, 3.05) is 11.9 Å². The van der Waals surface area contributed by atoms with Crippen molar-refractivity contribution in [3.8, 4) is 11.4 Å². The predicted octanol–water partition coefficient (Wildman–Crippen LogP) is 1.23. The second-order valence-electron chi connectivity index (χ2n) is 4.22. The van der Waals surface area contributed by atoms with Crippen molar-refractivity contribution in [3.05, 3.63) is 24.3 Å². The van der Waals surface area contributed by atoms with Crippen molar-refractivity contribution < 1.29 is 9.53 Å². The SMILES string of the molecule is CC(C)OCC(=O)Nc1cccc(-c2nn[nH]n2)c1. The summed E-state index contributed by atoms with van der Waals surface area (Å²) in [5.41, 5.74) is 1.44. The summed E-state index contributed by atoms with van der Waals surface area (Å²) in [4.78, 5) is 11.6. The Morgan fingerprint density at radius 1 is 1.47 bits per heavy atom. The highest BCUT2D eigenvalue weighted by Gasteiger charge is 2.07. The van der Waals surface area contributed by atoms with E-state index in [2.05, 4.69) is 25.9 Å². The molecule has 0 spiro atoms. The van der Waals surface area contributed by atoms with E-state index in [9.17, 15) is 4.79 Å². The van der Waals surface area contributed by atoms with Gasteiger partial charge in [-0.3, -0.25) is 4.79 Å². The molecule has 0 aliphatic heterocycles. The lowest BCUT2D eigenvalue weighted by Gasteiger charge is -2.08. The molecule has 7 heteroatoms. The van der Waals surface area contributed by atoms with Gasteiger partial charge >= 0.3 is 0 Å². The number of H-pyrrole nitrogens is 1. The number of hydrogen-bond acceptors (Lipinski definition) is 5. The lowest BCUT2D eigenvalue weighted by Crippen LogP contribution is -2.20. The molecule has 1 aromatic heterocycles. The molecule has 7 nitrogen and oxygen atoms in total. The Bertz CT molecular complexity index is 539. The molecule has 2 rings (SSSR count). The van der Waals surface area contributed by atoms with Crippen LogP contribution < -0.4 is 5.32 Å². The molecule has 0 unspecified atom stereocenters. The minimum absolute atomic E-state index is 0.0245. The highest BCUT2D eigenvalue weighted by molar-refractivity contribution is 5.92. The van der Waals surface area contributed by atoms with Crippen LogP contribution in [0.15, 0.2) is 24.3 Å². The molecule has 19 heavy (non-hydrogen) atoms. The Balaban J connectivity index is 2.01. The highest BCUT2D eigenvalue weighted by atomic mass is 16.5. The first kappa shape index (κ1) is 13.2. The standard InChI is InChI=1S/C12H15N5O2/c1-8(2)19-7-11(18)13-10-5-3-4-9(6-10)12-14-16-17-15-12/h3-6,8H,7H2,1-2H3,(H,13,18)(H,14,15,16,17). The topological polar surface area (TPSA) is 92.8 Å². The van der Waals surface area contributed by atoms with Crippen molar-refractivity contribution in [1.82, 2.24) is 20.6 Å². The molecular formula is C12H15N5O2. The molecular weight excluding hydrogens is 246 g/mol. The number of benzene rings is 1. The van der Waals surface area contributed by atoms with Gasteiger partial charge < -0.3 is 10.1 Å². The zero-order chi connectivity index (χ0) is 13.7. The molecule has 0 atom stereocenters. The van der Waals surface area contributed by atoms with Crippen LogP contribution in [-0.4, -0.2) is 39.2 Å². The van der Waals surface area contributed by atoms with E-state index in [1.54, 1.807) is 12.1 Å². The van der Waals surface area contributed by atoms with Crippen molar-refractivity contribution in [2.24, 2.45) is 0 Å². The summed E-state index contributed by atoms with van der Waals surface area (Å²) in [6, 6.07) is 7.21. The zero-order valence-corrected chi connectivity index (χ0v) is 10.8. The third kappa shape index (κ3) is 3.85. The maximum atomic E-state index is 11.6. The number of tetrazole rings is 1. The third-order valence-corrected chi connectivity index (χ3v) is 2.30. The van der Waals surface area contributed by atoms with E-state index in [1.165, 1.54) is 0 Å².